The Morgan fingerprint density at radius 3 is 2.52 bits per heavy atom. The van der Waals surface area contributed by atoms with Crippen LogP contribution in [0, 0.1) is 0 Å². The number of ketones is 1. The summed E-state index contributed by atoms with van der Waals surface area (Å²) in [6, 6.07) is 5.47. The molecule has 2 aromatic rings. The van der Waals surface area contributed by atoms with Crippen LogP contribution in [0.3, 0.4) is 0 Å². The highest BCUT2D eigenvalue weighted by Crippen LogP contribution is 2.31. The van der Waals surface area contributed by atoms with Crippen molar-refractivity contribution in [2.75, 3.05) is 18.4 Å². The molecule has 1 saturated heterocycles. The van der Waals surface area contributed by atoms with Crippen LogP contribution in [0.2, 0.25) is 0 Å². The molecule has 2 heterocycles. The molecule has 1 atom stereocenters. The smallest absolute Gasteiger partial charge is 0.480 e. The van der Waals surface area contributed by atoms with Gasteiger partial charge in [0.15, 0.2) is 5.78 Å². The molecule has 7 nitrogen and oxygen atoms in total. The molecule has 2 N–H and O–H groups in total. The SMILES string of the molecule is CCc1cc(C(=O)c2ccc(OC(F)(F)F)cc2)c(NC(=O)CN2CCCCC2C(=O)O)s1. The first kappa shape index (κ1) is 24.7. The fraction of sp³-hybridized carbons (Fsp3) is 0.409. The number of rotatable bonds is 8. The molecule has 0 aliphatic carbocycles. The number of aryl methyl sites for hydroxylation is 1. The minimum Gasteiger partial charge on any atom is -0.480 e. The van der Waals surface area contributed by atoms with Crippen LogP contribution in [-0.2, 0) is 16.0 Å². The molecule has 1 aliphatic heterocycles. The van der Waals surface area contributed by atoms with Crippen molar-refractivity contribution in [1.29, 1.82) is 0 Å². The lowest BCUT2D eigenvalue weighted by Crippen LogP contribution is -2.47. The lowest BCUT2D eigenvalue weighted by molar-refractivity contribution is -0.274. The molecule has 1 aromatic heterocycles. The van der Waals surface area contributed by atoms with Gasteiger partial charge in [-0.25, -0.2) is 0 Å². The highest BCUT2D eigenvalue weighted by atomic mass is 32.1. The molecule has 0 saturated carbocycles. The molecule has 11 heteroatoms. The van der Waals surface area contributed by atoms with Crippen LogP contribution in [0.1, 0.15) is 47.0 Å². The number of piperidine rings is 1. The van der Waals surface area contributed by atoms with E-state index >= 15 is 0 Å². The first-order valence-electron chi connectivity index (χ1n) is 10.4. The second-order valence-electron chi connectivity index (χ2n) is 7.58. The Labute approximate surface area is 192 Å². The van der Waals surface area contributed by atoms with Gasteiger partial charge in [-0.2, -0.15) is 0 Å². The number of carboxylic acid groups (broad SMARTS) is 1. The second kappa shape index (κ2) is 10.3. The average Bonchev–Trinajstić information content (AvgIpc) is 3.15. The molecule has 0 spiro atoms. The van der Waals surface area contributed by atoms with Gasteiger partial charge in [-0.15, -0.1) is 24.5 Å². The number of thiophene rings is 1. The summed E-state index contributed by atoms with van der Waals surface area (Å²) in [6.45, 7) is 2.26. The largest absolute Gasteiger partial charge is 0.573 e. The molecule has 0 radical (unpaired) electrons. The van der Waals surface area contributed by atoms with Crippen LogP contribution in [0.25, 0.3) is 0 Å². The van der Waals surface area contributed by atoms with Crippen molar-refractivity contribution < 1.29 is 37.4 Å². The number of anilines is 1. The molecule has 178 valence electrons. The lowest BCUT2D eigenvalue weighted by Gasteiger charge is -2.32. The van der Waals surface area contributed by atoms with Crippen LogP contribution in [0.5, 0.6) is 5.75 Å². The highest BCUT2D eigenvalue weighted by Gasteiger charge is 2.32. The fourth-order valence-corrected chi connectivity index (χ4v) is 4.66. The third kappa shape index (κ3) is 6.55. The molecule has 1 unspecified atom stereocenters. The number of nitrogens with one attached hydrogen (secondary N) is 1. The van der Waals surface area contributed by atoms with E-state index in [0.717, 1.165) is 29.9 Å². The molecule has 1 amide bonds. The van der Waals surface area contributed by atoms with Gasteiger partial charge < -0.3 is 15.2 Å². The second-order valence-corrected chi connectivity index (χ2v) is 8.72. The Balaban J connectivity index is 1.75. The normalized spacial score (nSPS) is 16.9. The lowest BCUT2D eigenvalue weighted by atomic mass is 10.0. The average molecular weight is 484 g/mol. The van der Waals surface area contributed by atoms with Crippen LogP contribution < -0.4 is 10.1 Å². The molecule has 1 aromatic carbocycles. The molecule has 1 aliphatic rings. The topological polar surface area (TPSA) is 95.9 Å². The number of nitrogens with zero attached hydrogens (tertiary/aromatic N) is 1. The van der Waals surface area contributed by atoms with E-state index in [1.54, 1.807) is 11.0 Å². The number of hydrogen-bond acceptors (Lipinski definition) is 6. The third-order valence-corrected chi connectivity index (χ3v) is 6.42. The maximum Gasteiger partial charge on any atom is 0.573 e. The first-order chi connectivity index (χ1) is 15.6. The van der Waals surface area contributed by atoms with Crippen LogP contribution in [-0.4, -0.2) is 53.2 Å². The van der Waals surface area contributed by atoms with Gasteiger partial charge in [0.25, 0.3) is 0 Å². The van der Waals surface area contributed by atoms with Crippen molar-refractivity contribution in [3.05, 3.63) is 46.3 Å². The van der Waals surface area contributed by atoms with E-state index < -0.39 is 35.8 Å². The van der Waals surface area contributed by atoms with Crippen LogP contribution in [0.15, 0.2) is 30.3 Å². The third-order valence-electron chi connectivity index (χ3n) is 5.22. The van der Waals surface area contributed by atoms with Gasteiger partial charge in [0.1, 0.15) is 16.8 Å². The number of carbonyl (C=O) groups excluding carboxylic acids is 2. The molecular formula is C22H23F3N2O5S. The number of aliphatic carboxylic acids is 1. The van der Waals surface area contributed by atoms with E-state index in [0.29, 0.717) is 24.4 Å². The fourth-order valence-electron chi connectivity index (χ4n) is 3.65. The summed E-state index contributed by atoms with van der Waals surface area (Å²) in [5.74, 6) is -2.31. The number of amides is 1. The van der Waals surface area contributed by atoms with Gasteiger partial charge in [-0.05, 0) is 56.1 Å². The monoisotopic (exact) mass is 484 g/mol. The van der Waals surface area contributed by atoms with E-state index in [4.69, 9.17) is 0 Å². The standard InChI is InChI=1S/C22H23F3N2O5S/c1-2-15-11-16(19(29)13-6-8-14(9-7-13)32-22(23,24)25)20(33-15)26-18(28)12-27-10-4-3-5-17(27)21(30)31/h6-9,11,17H,2-5,10,12H2,1H3,(H,26,28)(H,30,31). The number of likely N-dealkylation sites (tertiary alicyclic amines) is 1. The Kier molecular flexibility index (Phi) is 7.75. The van der Waals surface area contributed by atoms with Crippen molar-refractivity contribution in [3.8, 4) is 5.75 Å². The first-order valence-corrected chi connectivity index (χ1v) is 11.2. The van der Waals surface area contributed by atoms with E-state index in [1.807, 2.05) is 6.92 Å². The van der Waals surface area contributed by atoms with Crippen molar-refractivity contribution in [2.24, 2.45) is 0 Å². The molecule has 1 fully saturated rings. The van der Waals surface area contributed by atoms with Crippen molar-refractivity contribution in [2.45, 2.75) is 45.0 Å². The van der Waals surface area contributed by atoms with E-state index in [9.17, 15) is 32.7 Å². The predicted octanol–water partition coefficient (Wildman–Crippen LogP) is 4.32. The van der Waals surface area contributed by atoms with Gasteiger partial charge in [-0.1, -0.05) is 13.3 Å². The minimum absolute atomic E-state index is 0.118. The summed E-state index contributed by atoms with van der Waals surface area (Å²) in [5.41, 5.74) is 0.366. The molecule has 0 bridgehead atoms. The Bertz CT molecular complexity index is 1020. The maximum absolute atomic E-state index is 13.0. The molecule has 33 heavy (non-hydrogen) atoms. The van der Waals surface area contributed by atoms with Crippen molar-refractivity contribution in [1.82, 2.24) is 4.90 Å². The van der Waals surface area contributed by atoms with Gasteiger partial charge in [-0.3, -0.25) is 19.3 Å². The Morgan fingerprint density at radius 1 is 1.21 bits per heavy atom. The summed E-state index contributed by atoms with van der Waals surface area (Å²) in [7, 11) is 0. The summed E-state index contributed by atoms with van der Waals surface area (Å²) in [5, 5.41) is 12.4. The highest BCUT2D eigenvalue weighted by molar-refractivity contribution is 7.16. The number of halogens is 3. The predicted molar refractivity (Wildman–Crippen MR) is 116 cm³/mol. The van der Waals surface area contributed by atoms with E-state index in [2.05, 4.69) is 10.1 Å². The van der Waals surface area contributed by atoms with Gasteiger partial charge in [0, 0.05) is 10.4 Å². The van der Waals surface area contributed by atoms with Crippen LogP contribution in [0.4, 0.5) is 18.2 Å². The number of hydrogen-bond donors (Lipinski definition) is 2. The number of ether oxygens (including phenoxy) is 1. The number of carboxylic acids is 1. The zero-order valence-corrected chi connectivity index (χ0v) is 18.6. The van der Waals surface area contributed by atoms with E-state index in [1.165, 1.54) is 23.5 Å². The van der Waals surface area contributed by atoms with Crippen LogP contribution >= 0.6 is 11.3 Å². The summed E-state index contributed by atoms with van der Waals surface area (Å²) < 4.78 is 40.9. The Hall–Kier alpha value is -2.92. The van der Waals surface area contributed by atoms with Gasteiger partial charge >= 0.3 is 12.3 Å². The minimum atomic E-state index is -4.83. The number of benzene rings is 1. The van der Waals surface area contributed by atoms with Crippen molar-refractivity contribution in [3.63, 3.8) is 0 Å². The number of carbonyl (C=O) groups is 3. The quantitative estimate of drug-likeness (QED) is 0.542. The summed E-state index contributed by atoms with van der Waals surface area (Å²) >= 11 is 1.23. The summed E-state index contributed by atoms with van der Waals surface area (Å²) in [4.78, 5) is 39.6. The van der Waals surface area contributed by atoms with Gasteiger partial charge in [0.05, 0.1) is 12.1 Å². The molecular weight excluding hydrogens is 461 g/mol. The van der Waals surface area contributed by atoms with E-state index in [-0.39, 0.29) is 17.7 Å². The summed E-state index contributed by atoms with van der Waals surface area (Å²) in [6.07, 6.45) is -2.16. The zero-order chi connectivity index (χ0) is 24.2. The Morgan fingerprint density at radius 2 is 1.91 bits per heavy atom. The zero-order valence-electron chi connectivity index (χ0n) is 17.8. The van der Waals surface area contributed by atoms with Gasteiger partial charge in [0.2, 0.25) is 5.91 Å². The molecule has 3 rings (SSSR count). The maximum atomic E-state index is 13.0. The number of alkyl halides is 3. The van der Waals surface area contributed by atoms with Crippen molar-refractivity contribution >= 4 is 34.0 Å².